The molecule has 1 N–H and O–H groups in total. The lowest BCUT2D eigenvalue weighted by molar-refractivity contribution is 0.0988. The number of carbonyl (C=O) groups excluding carboxylic acids is 1. The van der Waals surface area contributed by atoms with Gasteiger partial charge in [-0.15, -0.1) is 0 Å². The Hall–Kier alpha value is -1.15. The summed E-state index contributed by atoms with van der Waals surface area (Å²) < 4.78 is 0. The molecule has 0 aliphatic carbocycles. The molecule has 0 atom stereocenters. The Labute approximate surface area is 111 Å². The van der Waals surface area contributed by atoms with Crippen LogP contribution >= 0.6 is 0 Å². The van der Waals surface area contributed by atoms with Gasteiger partial charge in [0.1, 0.15) is 0 Å². The maximum absolute atomic E-state index is 12.1. The first-order valence-corrected chi connectivity index (χ1v) is 6.59. The maximum Gasteiger partial charge on any atom is 0.176 e. The topological polar surface area (TPSA) is 29.1 Å². The van der Waals surface area contributed by atoms with Crippen LogP contribution in [0.2, 0.25) is 0 Å². The van der Waals surface area contributed by atoms with E-state index in [2.05, 4.69) is 38.2 Å². The minimum absolute atomic E-state index is 0.128. The van der Waals surface area contributed by atoms with Gasteiger partial charge in [-0.2, -0.15) is 0 Å². The zero-order valence-electron chi connectivity index (χ0n) is 12.4. The van der Waals surface area contributed by atoms with Crippen molar-refractivity contribution in [3.63, 3.8) is 0 Å². The summed E-state index contributed by atoms with van der Waals surface area (Å²) in [5.74, 6) is 0.168. The molecule has 0 radical (unpaired) electrons. The molecule has 100 valence electrons. The Morgan fingerprint density at radius 1 is 1.28 bits per heavy atom. The monoisotopic (exact) mass is 247 g/mol. The molecule has 0 aromatic heterocycles. The third-order valence-electron chi connectivity index (χ3n) is 3.06. The Kier molecular flexibility index (Phi) is 4.69. The van der Waals surface area contributed by atoms with E-state index in [9.17, 15) is 4.79 Å². The number of ketones is 1. The van der Waals surface area contributed by atoms with Gasteiger partial charge in [0.25, 0.3) is 0 Å². The molecule has 0 amide bonds. The zero-order chi connectivity index (χ0) is 13.9. The lowest BCUT2D eigenvalue weighted by Gasteiger charge is -2.20. The average Bonchev–Trinajstić information content (AvgIpc) is 2.24. The first-order valence-electron chi connectivity index (χ1n) is 6.59. The van der Waals surface area contributed by atoms with Crippen LogP contribution in [-0.2, 0) is 5.41 Å². The molecular formula is C16H25NO. The second-order valence-electron chi connectivity index (χ2n) is 6.24. The normalized spacial score (nSPS) is 11.9. The fourth-order valence-electron chi connectivity index (χ4n) is 1.84. The summed E-state index contributed by atoms with van der Waals surface area (Å²) in [6.07, 6.45) is 0. The third kappa shape index (κ3) is 3.95. The lowest BCUT2D eigenvalue weighted by Crippen LogP contribution is -2.29. The van der Waals surface area contributed by atoms with Gasteiger partial charge in [0, 0.05) is 11.6 Å². The van der Waals surface area contributed by atoms with E-state index in [4.69, 9.17) is 0 Å². The number of aryl methyl sites for hydroxylation is 1. The van der Waals surface area contributed by atoms with Crippen LogP contribution in [0, 0.1) is 6.92 Å². The van der Waals surface area contributed by atoms with E-state index in [1.165, 1.54) is 5.56 Å². The summed E-state index contributed by atoms with van der Waals surface area (Å²) in [5.41, 5.74) is 3.30. The molecule has 18 heavy (non-hydrogen) atoms. The van der Waals surface area contributed by atoms with Crippen molar-refractivity contribution >= 4 is 5.78 Å². The van der Waals surface area contributed by atoms with Crippen LogP contribution < -0.4 is 5.32 Å². The summed E-state index contributed by atoms with van der Waals surface area (Å²) in [5, 5.41) is 3.17. The number of benzene rings is 1. The smallest absolute Gasteiger partial charge is 0.176 e. The summed E-state index contributed by atoms with van der Waals surface area (Å²) >= 11 is 0. The summed E-state index contributed by atoms with van der Waals surface area (Å²) in [6.45, 7) is 13.1. The van der Waals surface area contributed by atoms with Gasteiger partial charge >= 0.3 is 0 Å². The largest absolute Gasteiger partial charge is 0.307 e. The zero-order valence-corrected chi connectivity index (χ0v) is 12.4. The molecule has 0 bridgehead atoms. The standard InChI is InChI=1S/C16H25NO/c1-11(2)17-10-15(18)14-8-7-13(9-12(14)3)16(4,5)6/h7-9,11,17H,10H2,1-6H3. The molecule has 0 aliphatic rings. The molecule has 1 aromatic rings. The molecular weight excluding hydrogens is 222 g/mol. The molecule has 0 saturated carbocycles. The average molecular weight is 247 g/mol. The minimum Gasteiger partial charge on any atom is -0.307 e. The molecule has 0 saturated heterocycles. The van der Waals surface area contributed by atoms with E-state index in [1.807, 2.05) is 26.8 Å². The number of hydrogen-bond acceptors (Lipinski definition) is 2. The highest BCUT2D eigenvalue weighted by molar-refractivity contribution is 5.99. The highest BCUT2D eigenvalue weighted by atomic mass is 16.1. The van der Waals surface area contributed by atoms with Gasteiger partial charge in [0.2, 0.25) is 0 Å². The predicted octanol–water partition coefficient (Wildman–Crippen LogP) is 3.47. The quantitative estimate of drug-likeness (QED) is 0.825. The first kappa shape index (κ1) is 14.9. The van der Waals surface area contributed by atoms with Crippen molar-refractivity contribution in [2.45, 2.75) is 53.0 Å². The highest BCUT2D eigenvalue weighted by Gasteiger charge is 2.16. The Morgan fingerprint density at radius 3 is 2.33 bits per heavy atom. The van der Waals surface area contributed by atoms with Crippen LogP contribution in [0.5, 0.6) is 0 Å². The molecule has 1 rings (SSSR count). The van der Waals surface area contributed by atoms with Crippen molar-refractivity contribution in [3.8, 4) is 0 Å². The van der Waals surface area contributed by atoms with Gasteiger partial charge in [-0.1, -0.05) is 52.8 Å². The molecule has 0 unspecified atom stereocenters. The molecule has 0 aliphatic heterocycles. The fraction of sp³-hybridized carbons (Fsp3) is 0.562. The molecule has 0 heterocycles. The number of Topliss-reactive ketones (excluding diaryl/α,β-unsaturated/α-hetero) is 1. The van der Waals surface area contributed by atoms with Crippen LogP contribution in [0.4, 0.5) is 0 Å². The van der Waals surface area contributed by atoms with Crippen LogP contribution in [0.1, 0.15) is 56.1 Å². The van der Waals surface area contributed by atoms with Crippen molar-refractivity contribution in [2.24, 2.45) is 0 Å². The Balaban J connectivity index is 2.89. The first-order chi connectivity index (χ1) is 8.21. The van der Waals surface area contributed by atoms with Crippen LogP contribution in [0.25, 0.3) is 0 Å². The molecule has 0 spiro atoms. The molecule has 2 heteroatoms. The van der Waals surface area contributed by atoms with E-state index in [0.29, 0.717) is 12.6 Å². The lowest BCUT2D eigenvalue weighted by atomic mass is 9.85. The van der Waals surface area contributed by atoms with Crippen molar-refractivity contribution in [1.29, 1.82) is 0 Å². The van der Waals surface area contributed by atoms with E-state index < -0.39 is 0 Å². The Morgan fingerprint density at radius 2 is 1.89 bits per heavy atom. The summed E-state index contributed by atoms with van der Waals surface area (Å²) in [4.78, 5) is 12.1. The van der Waals surface area contributed by atoms with Gasteiger partial charge in [0.05, 0.1) is 6.54 Å². The predicted molar refractivity (Wildman–Crippen MR) is 77.3 cm³/mol. The van der Waals surface area contributed by atoms with E-state index in [1.54, 1.807) is 0 Å². The van der Waals surface area contributed by atoms with Gasteiger partial charge in [-0.3, -0.25) is 4.79 Å². The van der Waals surface area contributed by atoms with Crippen molar-refractivity contribution in [2.75, 3.05) is 6.54 Å². The fourth-order valence-corrected chi connectivity index (χ4v) is 1.84. The molecule has 2 nitrogen and oxygen atoms in total. The highest BCUT2D eigenvalue weighted by Crippen LogP contribution is 2.24. The van der Waals surface area contributed by atoms with E-state index in [-0.39, 0.29) is 11.2 Å². The van der Waals surface area contributed by atoms with E-state index >= 15 is 0 Å². The number of hydrogen-bond donors (Lipinski definition) is 1. The summed E-state index contributed by atoms with van der Waals surface area (Å²) in [6, 6.07) is 6.49. The van der Waals surface area contributed by atoms with Gasteiger partial charge < -0.3 is 5.32 Å². The van der Waals surface area contributed by atoms with Crippen LogP contribution in [-0.4, -0.2) is 18.4 Å². The summed E-state index contributed by atoms with van der Waals surface area (Å²) in [7, 11) is 0. The van der Waals surface area contributed by atoms with Crippen LogP contribution in [0.3, 0.4) is 0 Å². The van der Waals surface area contributed by atoms with Gasteiger partial charge in [-0.25, -0.2) is 0 Å². The van der Waals surface area contributed by atoms with Gasteiger partial charge in [0.15, 0.2) is 5.78 Å². The maximum atomic E-state index is 12.1. The van der Waals surface area contributed by atoms with Crippen molar-refractivity contribution < 1.29 is 4.79 Å². The molecule has 1 aromatic carbocycles. The van der Waals surface area contributed by atoms with Crippen molar-refractivity contribution in [1.82, 2.24) is 5.32 Å². The number of nitrogens with one attached hydrogen (secondary N) is 1. The van der Waals surface area contributed by atoms with Crippen molar-refractivity contribution in [3.05, 3.63) is 34.9 Å². The van der Waals surface area contributed by atoms with Gasteiger partial charge in [-0.05, 0) is 23.5 Å². The second kappa shape index (κ2) is 5.66. The third-order valence-corrected chi connectivity index (χ3v) is 3.06. The molecule has 0 fully saturated rings. The number of carbonyl (C=O) groups is 1. The van der Waals surface area contributed by atoms with E-state index in [0.717, 1.165) is 11.1 Å². The number of rotatable bonds is 4. The van der Waals surface area contributed by atoms with Crippen LogP contribution in [0.15, 0.2) is 18.2 Å². The second-order valence-corrected chi connectivity index (χ2v) is 6.24. The SMILES string of the molecule is Cc1cc(C(C)(C)C)ccc1C(=O)CNC(C)C. The minimum atomic E-state index is 0.128. The Bertz CT molecular complexity index is 427.